The molecule has 3 aromatic rings. The third kappa shape index (κ3) is 3.28. The van der Waals surface area contributed by atoms with Crippen molar-refractivity contribution in [2.24, 2.45) is 0 Å². The molecule has 5 nitrogen and oxygen atoms in total. The van der Waals surface area contributed by atoms with Crippen molar-refractivity contribution in [3.63, 3.8) is 0 Å². The maximum atomic E-state index is 11.9. The smallest absolute Gasteiger partial charge is 0.328 e. The molecule has 1 aliphatic rings. The minimum Gasteiger partial charge on any atom is -0.480 e. The van der Waals surface area contributed by atoms with Crippen molar-refractivity contribution in [3.8, 4) is 11.3 Å². The number of thiazole rings is 1. The molecule has 1 saturated heterocycles. The summed E-state index contributed by atoms with van der Waals surface area (Å²) in [6.45, 7) is 1.83. The largest absolute Gasteiger partial charge is 0.480 e. The van der Waals surface area contributed by atoms with Crippen molar-refractivity contribution < 1.29 is 9.90 Å². The Morgan fingerprint density at radius 3 is 2.42 bits per heavy atom. The van der Waals surface area contributed by atoms with E-state index in [-0.39, 0.29) is 0 Å². The molecule has 2 heterocycles. The molecule has 2 aromatic carbocycles. The maximum Gasteiger partial charge on any atom is 0.328 e. The number of carboxylic acids is 1. The SMILES string of the molecule is O=C(O)C1CN(c2nc(-c3ccccc3)cs2)CCN1c1ccccc1. The highest BCUT2D eigenvalue weighted by Crippen LogP contribution is 2.30. The van der Waals surface area contributed by atoms with E-state index in [1.54, 1.807) is 11.3 Å². The summed E-state index contributed by atoms with van der Waals surface area (Å²) in [6, 6.07) is 19.2. The number of aliphatic carboxylic acids is 1. The van der Waals surface area contributed by atoms with Crippen molar-refractivity contribution in [3.05, 3.63) is 66.0 Å². The third-order valence-electron chi connectivity index (χ3n) is 4.59. The first-order valence-corrected chi connectivity index (χ1v) is 9.41. The van der Waals surface area contributed by atoms with Crippen LogP contribution in [0.5, 0.6) is 0 Å². The van der Waals surface area contributed by atoms with Gasteiger partial charge in [0.05, 0.1) is 12.2 Å². The Labute approximate surface area is 156 Å². The van der Waals surface area contributed by atoms with Gasteiger partial charge in [0.15, 0.2) is 5.13 Å². The minimum absolute atomic E-state index is 0.423. The van der Waals surface area contributed by atoms with Gasteiger partial charge in [-0.05, 0) is 12.1 Å². The van der Waals surface area contributed by atoms with Gasteiger partial charge in [-0.25, -0.2) is 9.78 Å². The van der Waals surface area contributed by atoms with E-state index in [4.69, 9.17) is 4.98 Å². The van der Waals surface area contributed by atoms with Crippen LogP contribution in [0.3, 0.4) is 0 Å². The van der Waals surface area contributed by atoms with Gasteiger partial charge in [-0.15, -0.1) is 11.3 Å². The van der Waals surface area contributed by atoms with Gasteiger partial charge in [0, 0.05) is 29.7 Å². The van der Waals surface area contributed by atoms with E-state index in [1.807, 2.05) is 70.9 Å². The highest BCUT2D eigenvalue weighted by atomic mass is 32.1. The number of piperazine rings is 1. The molecule has 0 aliphatic carbocycles. The third-order valence-corrected chi connectivity index (χ3v) is 5.49. The predicted molar refractivity (Wildman–Crippen MR) is 105 cm³/mol. The number of nitrogens with zero attached hydrogens (tertiary/aromatic N) is 3. The molecule has 1 N–H and O–H groups in total. The number of aromatic nitrogens is 1. The van der Waals surface area contributed by atoms with Gasteiger partial charge in [-0.2, -0.15) is 0 Å². The fourth-order valence-corrected chi connectivity index (χ4v) is 4.12. The number of para-hydroxylation sites is 1. The Kier molecular flexibility index (Phi) is 4.58. The number of carboxylic acid groups (broad SMARTS) is 1. The molecule has 1 aliphatic heterocycles. The Balaban J connectivity index is 1.55. The molecule has 1 aromatic heterocycles. The number of rotatable bonds is 4. The van der Waals surface area contributed by atoms with E-state index in [0.717, 1.165) is 28.6 Å². The minimum atomic E-state index is -0.807. The summed E-state index contributed by atoms with van der Waals surface area (Å²) in [4.78, 5) is 20.6. The molecule has 1 unspecified atom stereocenters. The van der Waals surface area contributed by atoms with Crippen molar-refractivity contribution in [2.75, 3.05) is 29.4 Å². The van der Waals surface area contributed by atoms with Crippen LogP contribution in [0.25, 0.3) is 11.3 Å². The normalized spacial score (nSPS) is 17.3. The Bertz CT molecular complexity index is 882. The van der Waals surface area contributed by atoms with Crippen molar-refractivity contribution in [1.29, 1.82) is 0 Å². The van der Waals surface area contributed by atoms with Crippen LogP contribution in [0, 0.1) is 0 Å². The fraction of sp³-hybridized carbons (Fsp3) is 0.200. The molecular formula is C20H19N3O2S. The Morgan fingerprint density at radius 1 is 1.04 bits per heavy atom. The van der Waals surface area contributed by atoms with E-state index in [0.29, 0.717) is 13.1 Å². The number of anilines is 2. The van der Waals surface area contributed by atoms with Crippen LogP contribution < -0.4 is 9.80 Å². The van der Waals surface area contributed by atoms with Crippen LogP contribution in [0.1, 0.15) is 0 Å². The van der Waals surface area contributed by atoms with Gasteiger partial charge in [0.1, 0.15) is 6.04 Å². The van der Waals surface area contributed by atoms with E-state index < -0.39 is 12.0 Å². The number of benzene rings is 2. The summed E-state index contributed by atoms with van der Waals surface area (Å²) >= 11 is 1.57. The number of hydrogen-bond donors (Lipinski definition) is 1. The summed E-state index contributed by atoms with van der Waals surface area (Å²) in [7, 11) is 0. The molecule has 132 valence electrons. The van der Waals surface area contributed by atoms with Crippen LogP contribution in [0.2, 0.25) is 0 Å². The lowest BCUT2D eigenvalue weighted by Gasteiger charge is -2.40. The van der Waals surface area contributed by atoms with E-state index in [1.165, 1.54) is 0 Å². The van der Waals surface area contributed by atoms with E-state index >= 15 is 0 Å². The topological polar surface area (TPSA) is 56.7 Å². The van der Waals surface area contributed by atoms with E-state index in [2.05, 4.69) is 4.90 Å². The van der Waals surface area contributed by atoms with Gasteiger partial charge in [0.25, 0.3) is 0 Å². The second-order valence-electron chi connectivity index (χ2n) is 6.21. The standard InChI is InChI=1S/C20H19N3O2S/c24-19(25)18-13-22(11-12-23(18)16-9-5-2-6-10-16)20-21-17(14-26-20)15-7-3-1-4-8-15/h1-10,14,18H,11-13H2,(H,24,25). The molecule has 0 radical (unpaired) electrons. The maximum absolute atomic E-state index is 11.9. The molecule has 0 saturated carbocycles. The van der Waals surface area contributed by atoms with Crippen molar-refractivity contribution in [2.45, 2.75) is 6.04 Å². The second-order valence-corrected chi connectivity index (χ2v) is 7.05. The zero-order valence-corrected chi connectivity index (χ0v) is 15.0. The molecule has 4 rings (SSSR count). The van der Waals surface area contributed by atoms with Gasteiger partial charge in [-0.3, -0.25) is 0 Å². The zero-order chi connectivity index (χ0) is 17.9. The molecule has 1 atom stereocenters. The van der Waals surface area contributed by atoms with E-state index in [9.17, 15) is 9.90 Å². The summed E-state index contributed by atoms with van der Waals surface area (Å²) in [5.41, 5.74) is 2.96. The molecular weight excluding hydrogens is 346 g/mol. The zero-order valence-electron chi connectivity index (χ0n) is 14.2. The first kappa shape index (κ1) is 16.6. The lowest BCUT2D eigenvalue weighted by Crippen LogP contribution is -2.56. The summed E-state index contributed by atoms with van der Waals surface area (Å²) in [5, 5.41) is 12.6. The number of hydrogen-bond acceptors (Lipinski definition) is 5. The number of carbonyl (C=O) groups is 1. The van der Waals surface area contributed by atoms with Crippen LogP contribution in [-0.2, 0) is 4.79 Å². The van der Waals surface area contributed by atoms with Crippen LogP contribution in [-0.4, -0.2) is 41.7 Å². The Morgan fingerprint density at radius 2 is 1.73 bits per heavy atom. The highest BCUT2D eigenvalue weighted by molar-refractivity contribution is 7.14. The molecule has 0 spiro atoms. The average molecular weight is 365 g/mol. The predicted octanol–water partition coefficient (Wildman–Crippen LogP) is 3.59. The van der Waals surface area contributed by atoms with Crippen LogP contribution in [0.15, 0.2) is 66.0 Å². The van der Waals surface area contributed by atoms with Crippen molar-refractivity contribution >= 4 is 28.1 Å². The molecule has 0 bridgehead atoms. The van der Waals surface area contributed by atoms with Gasteiger partial charge in [0.2, 0.25) is 0 Å². The summed E-state index contributed by atoms with van der Waals surface area (Å²) in [6.07, 6.45) is 0. The van der Waals surface area contributed by atoms with Gasteiger partial charge >= 0.3 is 5.97 Å². The molecule has 0 amide bonds. The Hall–Kier alpha value is -2.86. The lowest BCUT2D eigenvalue weighted by atomic mass is 10.1. The fourth-order valence-electron chi connectivity index (χ4n) is 3.25. The van der Waals surface area contributed by atoms with Gasteiger partial charge in [-0.1, -0.05) is 48.5 Å². The first-order valence-electron chi connectivity index (χ1n) is 8.53. The van der Waals surface area contributed by atoms with Crippen molar-refractivity contribution in [1.82, 2.24) is 4.98 Å². The summed E-state index contributed by atoms with van der Waals surface area (Å²) in [5.74, 6) is -0.807. The molecule has 1 fully saturated rings. The molecule has 6 heteroatoms. The second kappa shape index (κ2) is 7.17. The average Bonchev–Trinajstić information content (AvgIpc) is 3.19. The highest BCUT2D eigenvalue weighted by Gasteiger charge is 2.33. The lowest BCUT2D eigenvalue weighted by molar-refractivity contribution is -0.138. The van der Waals surface area contributed by atoms with Gasteiger partial charge < -0.3 is 14.9 Å². The summed E-state index contributed by atoms with van der Waals surface area (Å²) < 4.78 is 0. The monoisotopic (exact) mass is 365 g/mol. The van der Waals surface area contributed by atoms with Crippen LogP contribution in [0.4, 0.5) is 10.8 Å². The van der Waals surface area contributed by atoms with Crippen LogP contribution >= 0.6 is 11.3 Å². The quantitative estimate of drug-likeness (QED) is 0.766. The molecule has 26 heavy (non-hydrogen) atoms. The first-order chi connectivity index (χ1) is 12.7.